The van der Waals surface area contributed by atoms with E-state index in [1.54, 1.807) is 6.07 Å². The van der Waals surface area contributed by atoms with Crippen LogP contribution in [0.4, 0.5) is 11.4 Å². The summed E-state index contributed by atoms with van der Waals surface area (Å²) in [4.78, 5) is 2.48. The standard InChI is InChI=1S/C21H26BrCl2N3O/c22-18-6-4-17(15-21(18)28-13-12-27-10-2-1-3-11-27)26-9-8-25-16-5-7-19(23)20(24)14-16/h4-7,14-15,25-26H,1-3,8-13H2. The molecule has 28 heavy (non-hydrogen) atoms. The van der Waals surface area contributed by atoms with Crippen molar-refractivity contribution in [2.75, 3.05) is 50.0 Å². The van der Waals surface area contributed by atoms with Crippen LogP contribution in [0.1, 0.15) is 19.3 Å². The average Bonchev–Trinajstić information content (AvgIpc) is 2.71. The van der Waals surface area contributed by atoms with E-state index in [4.69, 9.17) is 27.9 Å². The second-order valence-corrected chi connectivity index (χ2v) is 8.55. The minimum absolute atomic E-state index is 0.555. The SMILES string of the molecule is Clc1ccc(NCCNc2ccc(Br)c(OCCN3CCCCC3)c2)cc1Cl. The predicted molar refractivity (Wildman–Crippen MR) is 123 cm³/mol. The van der Waals surface area contributed by atoms with E-state index in [-0.39, 0.29) is 0 Å². The Morgan fingerprint density at radius 1 is 0.893 bits per heavy atom. The summed E-state index contributed by atoms with van der Waals surface area (Å²) in [5, 5.41) is 7.86. The van der Waals surface area contributed by atoms with Gasteiger partial charge in [-0.15, -0.1) is 0 Å². The molecule has 2 aromatic carbocycles. The Morgan fingerprint density at radius 2 is 1.57 bits per heavy atom. The van der Waals surface area contributed by atoms with Gasteiger partial charge in [-0.1, -0.05) is 29.6 Å². The smallest absolute Gasteiger partial charge is 0.135 e. The molecule has 0 aromatic heterocycles. The number of hydrogen-bond donors (Lipinski definition) is 2. The monoisotopic (exact) mass is 485 g/mol. The molecule has 1 aliphatic rings. The minimum Gasteiger partial charge on any atom is -0.491 e. The van der Waals surface area contributed by atoms with Crippen molar-refractivity contribution in [1.82, 2.24) is 4.90 Å². The van der Waals surface area contributed by atoms with E-state index < -0.39 is 0 Å². The van der Waals surface area contributed by atoms with Gasteiger partial charge in [0.2, 0.25) is 0 Å². The Morgan fingerprint density at radius 3 is 2.29 bits per heavy atom. The lowest BCUT2D eigenvalue weighted by Crippen LogP contribution is -2.33. The van der Waals surface area contributed by atoms with Crippen molar-refractivity contribution in [2.24, 2.45) is 0 Å². The zero-order valence-electron chi connectivity index (χ0n) is 15.8. The molecule has 7 heteroatoms. The van der Waals surface area contributed by atoms with E-state index >= 15 is 0 Å². The molecule has 0 radical (unpaired) electrons. The lowest BCUT2D eigenvalue weighted by atomic mass is 10.1. The fraction of sp³-hybridized carbons (Fsp3) is 0.429. The van der Waals surface area contributed by atoms with Crippen LogP contribution < -0.4 is 15.4 Å². The van der Waals surface area contributed by atoms with Gasteiger partial charge in [-0.3, -0.25) is 4.90 Å². The molecule has 1 saturated heterocycles. The fourth-order valence-corrected chi connectivity index (χ4v) is 3.87. The first kappa shape index (κ1) is 21.6. The Bertz CT molecular complexity index is 769. The first-order valence-electron chi connectivity index (χ1n) is 9.69. The third kappa shape index (κ3) is 6.73. The summed E-state index contributed by atoms with van der Waals surface area (Å²) in [6, 6.07) is 11.6. The molecule has 0 atom stereocenters. The summed E-state index contributed by atoms with van der Waals surface area (Å²) in [5.41, 5.74) is 1.99. The van der Waals surface area contributed by atoms with Crippen LogP contribution in [0.2, 0.25) is 10.0 Å². The maximum Gasteiger partial charge on any atom is 0.135 e. The van der Waals surface area contributed by atoms with E-state index in [1.807, 2.05) is 30.3 Å². The van der Waals surface area contributed by atoms with Crippen molar-refractivity contribution in [3.63, 3.8) is 0 Å². The molecule has 1 fully saturated rings. The lowest BCUT2D eigenvalue weighted by molar-refractivity contribution is 0.183. The topological polar surface area (TPSA) is 36.5 Å². The van der Waals surface area contributed by atoms with Crippen LogP contribution in [0.3, 0.4) is 0 Å². The van der Waals surface area contributed by atoms with Crippen LogP contribution in [0.15, 0.2) is 40.9 Å². The maximum atomic E-state index is 6.04. The van der Waals surface area contributed by atoms with Gasteiger partial charge < -0.3 is 15.4 Å². The van der Waals surface area contributed by atoms with Gasteiger partial charge in [-0.05, 0) is 72.2 Å². The van der Waals surface area contributed by atoms with Crippen molar-refractivity contribution in [1.29, 1.82) is 0 Å². The number of hydrogen-bond acceptors (Lipinski definition) is 4. The summed E-state index contributed by atoms with van der Waals surface area (Å²) in [6.07, 6.45) is 3.97. The molecule has 0 amide bonds. The Labute approximate surface area is 185 Å². The van der Waals surface area contributed by atoms with Gasteiger partial charge in [-0.2, -0.15) is 0 Å². The van der Waals surface area contributed by atoms with Crippen molar-refractivity contribution in [3.05, 3.63) is 50.9 Å². The van der Waals surface area contributed by atoms with Crippen LogP contribution >= 0.6 is 39.1 Å². The highest BCUT2D eigenvalue weighted by Gasteiger charge is 2.10. The van der Waals surface area contributed by atoms with Gasteiger partial charge in [0.05, 0.1) is 14.5 Å². The molecule has 0 bridgehead atoms. The summed E-state index contributed by atoms with van der Waals surface area (Å²) in [7, 11) is 0. The maximum absolute atomic E-state index is 6.04. The summed E-state index contributed by atoms with van der Waals surface area (Å²) < 4.78 is 6.99. The highest BCUT2D eigenvalue weighted by atomic mass is 79.9. The summed E-state index contributed by atoms with van der Waals surface area (Å²) in [5.74, 6) is 0.874. The van der Waals surface area contributed by atoms with Gasteiger partial charge in [0, 0.05) is 37.1 Å². The van der Waals surface area contributed by atoms with E-state index in [0.717, 1.165) is 41.2 Å². The second-order valence-electron chi connectivity index (χ2n) is 6.88. The number of nitrogens with one attached hydrogen (secondary N) is 2. The van der Waals surface area contributed by atoms with Crippen LogP contribution in [-0.4, -0.2) is 44.2 Å². The third-order valence-electron chi connectivity index (χ3n) is 4.75. The number of anilines is 2. The van der Waals surface area contributed by atoms with Crippen molar-refractivity contribution in [2.45, 2.75) is 19.3 Å². The number of ether oxygens (including phenoxy) is 1. The Balaban J connectivity index is 1.42. The molecule has 0 aliphatic carbocycles. The van der Waals surface area contributed by atoms with E-state index in [0.29, 0.717) is 16.7 Å². The van der Waals surface area contributed by atoms with Crippen LogP contribution in [0, 0.1) is 0 Å². The predicted octanol–water partition coefficient (Wildman–Crippen LogP) is 6.14. The average molecular weight is 487 g/mol. The van der Waals surface area contributed by atoms with Crippen molar-refractivity contribution in [3.8, 4) is 5.75 Å². The highest BCUT2D eigenvalue weighted by molar-refractivity contribution is 9.10. The fourth-order valence-electron chi connectivity index (χ4n) is 3.21. The summed E-state index contributed by atoms with van der Waals surface area (Å²) >= 11 is 15.6. The molecular formula is C21H26BrCl2N3O. The van der Waals surface area contributed by atoms with Gasteiger partial charge in [0.1, 0.15) is 12.4 Å². The van der Waals surface area contributed by atoms with E-state index in [9.17, 15) is 0 Å². The Hall–Kier alpha value is -1.14. The minimum atomic E-state index is 0.555. The molecule has 0 unspecified atom stereocenters. The molecule has 0 saturated carbocycles. The zero-order chi connectivity index (χ0) is 19.8. The van der Waals surface area contributed by atoms with Gasteiger partial charge in [0.15, 0.2) is 0 Å². The van der Waals surface area contributed by atoms with Gasteiger partial charge in [0.25, 0.3) is 0 Å². The first-order chi connectivity index (χ1) is 13.6. The van der Waals surface area contributed by atoms with Crippen LogP contribution in [0.25, 0.3) is 0 Å². The quantitative estimate of drug-likeness (QED) is 0.417. The molecule has 2 N–H and O–H groups in total. The number of piperidine rings is 1. The molecule has 152 valence electrons. The molecule has 4 nitrogen and oxygen atoms in total. The largest absolute Gasteiger partial charge is 0.491 e. The molecule has 2 aromatic rings. The molecular weight excluding hydrogens is 461 g/mol. The normalized spacial score (nSPS) is 14.7. The molecule has 3 rings (SSSR count). The number of benzene rings is 2. The van der Waals surface area contributed by atoms with E-state index in [1.165, 1.54) is 32.4 Å². The first-order valence-corrected chi connectivity index (χ1v) is 11.2. The summed E-state index contributed by atoms with van der Waals surface area (Å²) in [6.45, 7) is 5.61. The zero-order valence-corrected chi connectivity index (χ0v) is 18.9. The van der Waals surface area contributed by atoms with Gasteiger partial charge >= 0.3 is 0 Å². The second kappa shape index (κ2) is 11.1. The van der Waals surface area contributed by atoms with Crippen LogP contribution in [-0.2, 0) is 0 Å². The van der Waals surface area contributed by atoms with Crippen LogP contribution in [0.5, 0.6) is 5.75 Å². The molecule has 0 spiro atoms. The highest BCUT2D eigenvalue weighted by Crippen LogP contribution is 2.28. The van der Waals surface area contributed by atoms with Gasteiger partial charge in [-0.25, -0.2) is 0 Å². The molecule has 1 aliphatic heterocycles. The number of likely N-dealkylation sites (tertiary alicyclic amines) is 1. The van der Waals surface area contributed by atoms with Crippen molar-refractivity contribution < 1.29 is 4.74 Å². The Kier molecular flexibility index (Phi) is 8.59. The molecule has 1 heterocycles. The van der Waals surface area contributed by atoms with Crippen molar-refractivity contribution >= 4 is 50.5 Å². The third-order valence-corrected chi connectivity index (χ3v) is 6.14. The number of halogens is 3. The number of nitrogens with zero attached hydrogens (tertiary/aromatic N) is 1. The van der Waals surface area contributed by atoms with E-state index in [2.05, 4.69) is 31.5 Å². The number of rotatable bonds is 9. The lowest BCUT2D eigenvalue weighted by Gasteiger charge is -2.26.